The average Bonchev–Trinajstić information content (AvgIpc) is 2.80. The van der Waals surface area contributed by atoms with Crippen LogP contribution in [0.2, 0.25) is 0 Å². The van der Waals surface area contributed by atoms with Crippen molar-refractivity contribution in [2.75, 3.05) is 5.32 Å². The molecule has 0 bridgehead atoms. The Bertz CT molecular complexity index is 1060. The molecule has 1 aromatic carbocycles. The predicted octanol–water partition coefficient (Wildman–Crippen LogP) is 6.26. The number of halogens is 3. The number of anilines is 2. The highest BCUT2D eigenvalue weighted by molar-refractivity contribution is 5.70. The van der Waals surface area contributed by atoms with Crippen molar-refractivity contribution in [2.24, 2.45) is 5.92 Å². The number of nitrogens with zero attached hydrogens (tertiary/aromatic N) is 2. The van der Waals surface area contributed by atoms with Gasteiger partial charge >= 0.3 is 12.1 Å². The molecule has 1 saturated carbocycles. The zero-order valence-corrected chi connectivity index (χ0v) is 17.1. The molecule has 3 aromatic rings. The topological polar surface area (TPSA) is 75.1 Å². The van der Waals surface area contributed by atoms with Crippen LogP contribution < -0.4 is 5.32 Å². The standard InChI is InChI=1S/C24H22F3N3O2/c25-24(26,27)22-12-10-20(14-29-22)30-19-9-11-21(28-13-19)17-5-1-15(2-6-17)16-3-7-18(8-4-16)23(31)32/h1-2,5-6,9-14,16,18,30H,3-4,7-8H2,(H,31,32)/t16-,18-. The normalized spacial score (nSPS) is 18.8. The van der Waals surface area contributed by atoms with Gasteiger partial charge in [0, 0.05) is 5.56 Å². The Morgan fingerprint density at radius 3 is 2.00 bits per heavy atom. The molecule has 166 valence electrons. The molecule has 1 fully saturated rings. The summed E-state index contributed by atoms with van der Waals surface area (Å²) < 4.78 is 37.8. The molecule has 8 heteroatoms. The van der Waals surface area contributed by atoms with E-state index in [1.807, 2.05) is 18.2 Å². The summed E-state index contributed by atoms with van der Waals surface area (Å²) in [5, 5.41) is 12.1. The fourth-order valence-electron chi connectivity index (χ4n) is 4.04. The third-order valence-electron chi connectivity index (χ3n) is 5.86. The maximum Gasteiger partial charge on any atom is 0.433 e. The molecule has 1 aliphatic rings. The van der Waals surface area contributed by atoms with Gasteiger partial charge in [-0.25, -0.2) is 4.98 Å². The van der Waals surface area contributed by atoms with Crippen molar-refractivity contribution in [2.45, 2.75) is 37.8 Å². The second kappa shape index (κ2) is 8.98. The summed E-state index contributed by atoms with van der Waals surface area (Å²) in [5.74, 6) is -0.533. The lowest BCUT2D eigenvalue weighted by Gasteiger charge is -2.26. The van der Waals surface area contributed by atoms with Crippen LogP contribution >= 0.6 is 0 Å². The molecule has 1 aliphatic carbocycles. The van der Waals surface area contributed by atoms with Crippen LogP contribution in [0.3, 0.4) is 0 Å². The Hall–Kier alpha value is -3.42. The van der Waals surface area contributed by atoms with Crippen molar-refractivity contribution in [1.29, 1.82) is 0 Å². The Morgan fingerprint density at radius 2 is 1.50 bits per heavy atom. The molecule has 0 amide bonds. The van der Waals surface area contributed by atoms with E-state index >= 15 is 0 Å². The van der Waals surface area contributed by atoms with Gasteiger partial charge in [-0.2, -0.15) is 13.2 Å². The monoisotopic (exact) mass is 441 g/mol. The minimum atomic E-state index is -4.46. The van der Waals surface area contributed by atoms with E-state index in [4.69, 9.17) is 5.11 Å². The second-order valence-electron chi connectivity index (χ2n) is 8.00. The van der Waals surface area contributed by atoms with Crippen LogP contribution in [0.5, 0.6) is 0 Å². The van der Waals surface area contributed by atoms with E-state index in [2.05, 4.69) is 27.4 Å². The van der Waals surface area contributed by atoms with Crippen molar-refractivity contribution in [3.05, 3.63) is 72.2 Å². The first kappa shape index (κ1) is 21.8. The van der Waals surface area contributed by atoms with E-state index in [0.717, 1.165) is 36.4 Å². The van der Waals surface area contributed by atoms with Gasteiger partial charge in [0.15, 0.2) is 0 Å². The Kier molecular flexibility index (Phi) is 6.12. The Balaban J connectivity index is 1.38. The van der Waals surface area contributed by atoms with Gasteiger partial charge in [0.25, 0.3) is 0 Å². The summed E-state index contributed by atoms with van der Waals surface area (Å²) >= 11 is 0. The molecule has 2 N–H and O–H groups in total. The number of aliphatic carboxylic acids is 1. The van der Waals surface area contributed by atoms with Crippen LogP contribution in [-0.2, 0) is 11.0 Å². The molecular formula is C24H22F3N3O2. The summed E-state index contributed by atoms with van der Waals surface area (Å²) in [6, 6.07) is 14.1. The van der Waals surface area contributed by atoms with E-state index in [0.29, 0.717) is 30.1 Å². The molecular weight excluding hydrogens is 419 g/mol. The molecule has 32 heavy (non-hydrogen) atoms. The number of nitrogens with one attached hydrogen (secondary N) is 1. The quantitative estimate of drug-likeness (QED) is 0.488. The van der Waals surface area contributed by atoms with Gasteiger partial charge in [-0.1, -0.05) is 24.3 Å². The number of carbonyl (C=O) groups is 1. The zero-order valence-electron chi connectivity index (χ0n) is 17.1. The molecule has 5 nitrogen and oxygen atoms in total. The van der Waals surface area contributed by atoms with Gasteiger partial charge < -0.3 is 10.4 Å². The van der Waals surface area contributed by atoms with Crippen molar-refractivity contribution in [3.8, 4) is 11.3 Å². The Labute approximate surface area is 183 Å². The number of hydrogen-bond acceptors (Lipinski definition) is 4. The van der Waals surface area contributed by atoms with Crippen molar-refractivity contribution in [1.82, 2.24) is 9.97 Å². The SMILES string of the molecule is O=C(O)[C@H]1CC[C@H](c2ccc(-c3ccc(Nc4ccc(C(F)(F)F)nc4)cn3)cc2)CC1. The first-order valence-corrected chi connectivity index (χ1v) is 10.4. The summed E-state index contributed by atoms with van der Waals surface area (Å²) in [6.45, 7) is 0. The lowest BCUT2D eigenvalue weighted by molar-refractivity contribution is -0.143. The minimum Gasteiger partial charge on any atom is -0.481 e. The van der Waals surface area contributed by atoms with Crippen LogP contribution in [0.15, 0.2) is 60.9 Å². The highest BCUT2D eigenvalue weighted by Crippen LogP contribution is 2.36. The number of aromatic nitrogens is 2. The third kappa shape index (κ3) is 5.07. The fourth-order valence-corrected chi connectivity index (χ4v) is 4.04. The maximum atomic E-state index is 12.6. The van der Waals surface area contributed by atoms with Crippen LogP contribution in [0.1, 0.15) is 42.9 Å². The van der Waals surface area contributed by atoms with Gasteiger partial charge in [0.05, 0.1) is 35.4 Å². The predicted molar refractivity (Wildman–Crippen MR) is 115 cm³/mol. The van der Waals surface area contributed by atoms with Crippen LogP contribution in [0.4, 0.5) is 24.5 Å². The number of pyridine rings is 2. The van der Waals surface area contributed by atoms with Gasteiger partial charge in [0.1, 0.15) is 5.69 Å². The first-order valence-electron chi connectivity index (χ1n) is 10.4. The Morgan fingerprint density at radius 1 is 0.875 bits per heavy atom. The van der Waals surface area contributed by atoms with Crippen LogP contribution in [0.25, 0.3) is 11.3 Å². The van der Waals surface area contributed by atoms with Gasteiger partial charge in [-0.3, -0.25) is 9.78 Å². The van der Waals surface area contributed by atoms with E-state index in [1.165, 1.54) is 11.6 Å². The summed E-state index contributed by atoms with van der Waals surface area (Å²) in [6.07, 6.45) is 1.49. The largest absolute Gasteiger partial charge is 0.481 e. The van der Waals surface area contributed by atoms with Crippen LogP contribution in [-0.4, -0.2) is 21.0 Å². The number of hydrogen-bond donors (Lipinski definition) is 2. The number of benzene rings is 1. The van der Waals surface area contributed by atoms with Gasteiger partial charge in [0.2, 0.25) is 0 Å². The smallest absolute Gasteiger partial charge is 0.433 e. The van der Waals surface area contributed by atoms with E-state index in [1.54, 1.807) is 12.3 Å². The summed E-state index contributed by atoms with van der Waals surface area (Å²) in [7, 11) is 0. The molecule has 2 heterocycles. The number of carboxylic acid groups (broad SMARTS) is 1. The molecule has 4 rings (SSSR count). The first-order chi connectivity index (χ1) is 15.3. The second-order valence-corrected chi connectivity index (χ2v) is 8.00. The molecule has 0 unspecified atom stereocenters. The van der Waals surface area contributed by atoms with E-state index < -0.39 is 17.8 Å². The summed E-state index contributed by atoms with van der Waals surface area (Å²) in [4.78, 5) is 19.0. The molecule has 2 aromatic heterocycles. The molecule has 0 spiro atoms. The number of rotatable bonds is 5. The minimum absolute atomic E-state index is 0.222. The van der Waals surface area contributed by atoms with Crippen molar-refractivity contribution < 1.29 is 23.1 Å². The van der Waals surface area contributed by atoms with Crippen LogP contribution in [0, 0.1) is 5.92 Å². The zero-order chi connectivity index (χ0) is 22.7. The van der Waals surface area contributed by atoms with Crippen molar-refractivity contribution >= 4 is 17.3 Å². The fraction of sp³-hybridized carbons (Fsp3) is 0.292. The molecule has 0 aliphatic heterocycles. The maximum absolute atomic E-state index is 12.6. The summed E-state index contributed by atoms with van der Waals surface area (Å²) in [5.41, 5.74) is 3.09. The average molecular weight is 441 g/mol. The van der Waals surface area contributed by atoms with Gasteiger partial charge in [-0.05, 0) is 61.4 Å². The lowest BCUT2D eigenvalue weighted by atomic mass is 9.78. The van der Waals surface area contributed by atoms with Crippen molar-refractivity contribution in [3.63, 3.8) is 0 Å². The highest BCUT2D eigenvalue weighted by Gasteiger charge is 2.32. The number of alkyl halides is 3. The van der Waals surface area contributed by atoms with Gasteiger partial charge in [-0.15, -0.1) is 0 Å². The molecule has 0 radical (unpaired) electrons. The van der Waals surface area contributed by atoms with E-state index in [-0.39, 0.29) is 5.92 Å². The lowest BCUT2D eigenvalue weighted by Crippen LogP contribution is -2.20. The van der Waals surface area contributed by atoms with E-state index in [9.17, 15) is 18.0 Å². The molecule has 0 atom stereocenters. The number of carboxylic acids is 1. The third-order valence-corrected chi connectivity index (χ3v) is 5.86. The highest BCUT2D eigenvalue weighted by atomic mass is 19.4. The molecule has 0 saturated heterocycles.